The predicted molar refractivity (Wildman–Crippen MR) is 77.0 cm³/mol. The Balaban J connectivity index is 1.67. The van der Waals surface area contributed by atoms with Crippen molar-refractivity contribution in [1.82, 2.24) is 18.9 Å². The highest BCUT2D eigenvalue weighted by Gasteiger charge is 2.29. The minimum atomic E-state index is 0.0147. The van der Waals surface area contributed by atoms with E-state index in [-0.39, 0.29) is 11.9 Å². The highest BCUT2D eigenvalue weighted by molar-refractivity contribution is 7.15. The van der Waals surface area contributed by atoms with Crippen LogP contribution in [0.15, 0.2) is 36.1 Å². The molecule has 1 amide bonds. The lowest BCUT2D eigenvalue weighted by Crippen LogP contribution is -2.40. The molecule has 1 aliphatic heterocycles. The van der Waals surface area contributed by atoms with Crippen LogP contribution in [-0.4, -0.2) is 31.3 Å². The highest BCUT2D eigenvalue weighted by atomic mass is 32.1. The van der Waals surface area contributed by atoms with Gasteiger partial charge in [-0.3, -0.25) is 9.20 Å². The Kier molecular flexibility index (Phi) is 2.47. The molecule has 0 fully saturated rings. The van der Waals surface area contributed by atoms with E-state index in [1.54, 1.807) is 0 Å². The minimum Gasteiger partial charge on any atom is -0.348 e. The third-order valence-corrected chi connectivity index (χ3v) is 4.69. The summed E-state index contributed by atoms with van der Waals surface area (Å²) >= 11 is 1.54. The second kappa shape index (κ2) is 4.21. The number of fused-ring (bicyclic) bond motifs is 2. The maximum atomic E-state index is 12.7. The number of hydrogen-bond acceptors (Lipinski definition) is 3. The largest absolute Gasteiger partial charge is 0.348 e. The van der Waals surface area contributed by atoms with E-state index in [4.69, 9.17) is 0 Å². The van der Waals surface area contributed by atoms with Crippen molar-refractivity contribution in [2.24, 2.45) is 0 Å². The van der Waals surface area contributed by atoms with E-state index in [2.05, 4.69) is 28.7 Å². The van der Waals surface area contributed by atoms with Gasteiger partial charge in [0.1, 0.15) is 5.69 Å². The van der Waals surface area contributed by atoms with E-state index in [1.807, 2.05) is 33.1 Å². The fourth-order valence-electron chi connectivity index (χ4n) is 2.83. The van der Waals surface area contributed by atoms with Gasteiger partial charge in [-0.1, -0.05) is 0 Å². The average molecular weight is 286 g/mol. The molecule has 0 aromatic carbocycles. The summed E-state index contributed by atoms with van der Waals surface area (Å²) in [6, 6.07) is 4.20. The zero-order chi connectivity index (χ0) is 13.7. The molecular weight excluding hydrogens is 272 g/mol. The van der Waals surface area contributed by atoms with Crippen LogP contribution in [0.3, 0.4) is 0 Å². The van der Waals surface area contributed by atoms with Crippen molar-refractivity contribution in [3.05, 3.63) is 47.5 Å². The molecule has 0 unspecified atom stereocenters. The summed E-state index contributed by atoms with van der Waals surface area (Å²) in [5.74, 6) is 0.0147. The topological polar surface area (TPSA) is 42.5 Å². The number of carbonyl (C=O) groups is 1. The monoisotopic (exact) mass is 286 g/mol. The summed E-state index contributed by atoms with van der Waals surface area (Å²) in [5.41, 5.74) is 1.72. The first-order valence-electron chi connectivity index (χ1n) is 6.62. The average Bonchev–Trinajstić information content (AvgIpc) is 3.13. The number of amides is 1. The van der Waals surface area contributed by atoms with Gasteiger partial charge in [0.25, 0.3) is 5.91 Å². The quantitative estimate of drug-likeness (QED) is 0.689. The Morgan fingerprint density at radius 3 is 3.15 bits per heavy atom. The summed E-state index contributed by atoms with van der Waals surface area (Å²) in [7, 11) is 0. The Morgan fingerprint density at radius 1 is 1.40 bits per heavy atom. The fraction of sp³-hybridized carbons (Fsp3) is 0.286. The number of aromatic nitrogens is 3. The van der Waals surface area contributed by atoms with Crippen LogP contribution in [0.2, 0.25) is 0 Å². The third kappa shape index (κ3) is 1.61. The summed E-state index contributed by atoms with van der Waals surface area (Å²) < 4.78 is 4.11. The maximum absolute atomic E-state index is 12.7. The Hall–Kier alpha value is -2.08. The molecule has 0 bridgehead atoms. The maximum Gasteiger partial charge on any atom is 0.274 e. The second-order valence-electron chi connectivity index (χ2n) is 5.02. The van der Waals surface area contributed by atoms with E-state index < -0.39 is 0 Å². The molecule has 0 N–H and O–H groups in total. The first-order valence-corrected chi connectivity index (χ1v) is 7.50. The van der Waals surface area contributed by atoms with Crippen LogP contribution in [-0.2, 0) is 6.54 Å². The van der Waals surface area contributed by atoms with Crippen molar-refractivity contribution in [2.45, 2.75) is 19.5 Å². The molecule has 0 spiro atoms. The molecule has 1 atom stereocenters. The molecule has 102 valence electrons. The molecule has 6 heteroatoms. The van der Waals surface area contributed by atoms with Crippen LogP contribution < -0.4 is 0 Å². The molecule has 3 aromatic heterocycles. The van der Waals surface area contributed by atoms with Crippen molar-refractivity contribution in [2.75, 3.05) is 6.54 Å². The van der Waals surface area contributed by atoms with E-state index in [0.29, 0.717) is 5.69 Å². The summed E-state index contributed by atoms with van der Waals surface area (Å²) in [6.45, 7) is 3.65. The molecule has 20 heavy (non-hydrogen) atoms. The lowest BCUT2D eigenvalue weighted by molar-refractivity contribution is 0.0638. The molecular formula is C14H14N4OS. The molecule has 0 saturated carbocycles. The van der Waals surface area contributed by atoms with Crippen molar-refractivity contribution >= 4 is 22.2 Å². The van der Waals surface area contributed by atoms with Gasteiger partial charge in [0.15, 0.2) is 4.96 Å². The summed E-state index contributed by atoms with van der Waals surface area (Å²) in [4.78, 5) is 19.8. The highest BCUT2D eigenvalue weighted by Crippen LogP contribution is 2.27. The van der Waals surface area contributed by atoms with E-state index in [9.17, 15) is 4.79 Å². The zero-order valence-electron chi connectivity index (χ0n) is 11.1. The summed E-state index contributed by atoms with van der Waals surface area (Å²) in [6.07, 6.45) is 5.81. The standard InChI is InChI=1S/C14H14N4OS/c1-10-12-3-2-4-16(12)5-6-18(10)13(19)11-9-17-7-8-20-14(17)15-11/h2-4,7-10H,5-6H2,1H3/t10-/m0/s1. The Bertz CT molecular complexity index is 755. The van der Waals surface area contributed by atoms with E-state index >= 15 is 0 Å². The number of hydrogen-bond donors (Lipinski definition) is 0. The Labute approximate surface area is 120 Å². The second-order valence-corrected chi connectivity index (χ2v) is 5.89. The molecule has 4 rings (SSSR count). The van der Waals surface area contributed by atoms with Gasteiger partial charge >= 0.3 is 0 Å². The van der Waals surface area contributed by atoms with Crippen LogP contribution >= 0.6 is 11.3 Å². The van der Waals surface area contributed by atoms with Gasteiger partial charge in [0, 0.05) is 42.8 Å². The van der Waals surface area contributed by atoms with Gasteiger partial charge < -0.3 is 9.47 Å². The van der Waals surface area contributed by atoms with Crippen LogP contribution in [0.4, 0.5) is 0 Å². The number of rotatable bonds is 1. The third-order valence-electron chi connectivity index (χ3n) is 3.92. The first kappa shape index (κ1) is 11.7. The van der Waals surface area contributed by atoms with Crippen molar-refractivity contribution in [1.29, 1.82) is 0 Å². The molecule has 0 radical (unpaired) electrons. The van der Waals surface area contributed by atoms with Gasteiger partial charge in [0.05, 0.1) is 6.04 Å². The Morgan fingerprint density at radius 2 is 2.30 bits per heavy atom. The van der Waals surface area contributed by atoms with Crippen LogP contribution in [0.25, 0.3) is 4.96 Å². The molecule has 0 aliphatic carbocycles. The molecule has 1 aliphatic rings. The lowest BCUT2D eigenvalue weighted by atomic mass is 10.1. The smallest absolute Gasteiger partial charge is 0.274 e. The number of carbonyl (C=O) groups excluding carboxylic acids is 1. The molecule has 5 nitrogen and oxygen atoms in total. The van der Waals surface area contributed by atoms with Gasteiger partial charge in [-0.05, 0) is 19.1 Å². The van der Waals surface area contributed by atoms with E-state index in [1.165, 1.54) is 17.0 Å². The van der Waals surface area contributed by atoms with Crippen LogP contribution in [0.5, 0.6) is 0 Å². The number of imidazole rings is 1. The fourth-order valence-corrected chi connectivity index (χ4v) is 3.53. The van der Waals surface area contributed by atoms with Crippen molar-refractivity contribution < 1.29 is 4.79 Å². The number of nitrogens with zero attached hydrogens (tertiary/aromatic N) is 4. The van der Waals surface area contributed by atoms with Gasteiger partial charge in [0.2, 0.25) is 0 Å². The van der Waals surface area contributed by atoms with Gasteiger partial charge in [-0.25, -0.2) is 4.98 Å². The molecule has 3 aromatic rings. The lowest BCUT2D eigenvalue weighted by Gasteiger charge is -2.34. The zero-order valence-corrected chi connectivity index (χ0v) is 11.9. The SMILES string of the molecule is C[C@H]1c2cccn2CCN1C(=O)c1cn2ccsc2n1. The van der Waals surface area contributed by atoms with Crippen LogP contribution in [0, 0.1) is 0 Å². The van der Waals surface area contributed by atoms with Crippen molar-refractivity contribution in [3.8, 4) is 0 Å². The first-order chi connectivity index (χ1) is 9.74. The minimum absolute atomic E-state index is 0.0147. The predicted octanol–water partition coefficient (Wildman–Crippen LogP) is 2.41. The molecule has 0 saturated heterocycles. The van der Waals surface area contributed by atoms with E-state index in [0.717, 1.165) is 18.1 Å². The number of thiazole rings is 1. The molecule has 4 heterocycles. The van der Waals surface area contributed by atoms with Crippen LogP contribution in [0.1, 0.15) is 29.1 Å². The summed E-state index contributed by atoms with van der Waals surface area (Å²) in [5, 5.41) is 1.97. The van der Waals surface area contributed by atoms with Gasteiger partial charge in [-0.15, -0.1) is 11.3 Å². The van der Waals surface area contributed by atoms with Gasteiger partial charge in [-0.2, -0.15) is 0 Å². The normalized spacial score (nSPS) is 18.4. The van der Waals surface area contributed by atoms with Crippen molar-refractivity contribution in [3.63, 3.8) is 0 Å².